The van der Waals surface area contributed by atoms with Crippen LogP contribution in [0.3, 0.4) is 0 Å². The molecule has 1 aromatic heterocycles. The number of H-pyrrole nitrogens is 1. The van der Waals surface area contributed by atoms with Gasteiger partial charge in [0.1, 0.15) is 0 Å². The van der Waals surface area contributed by atoms with Crippen LogP contribution in [0.1, 0.15) is 34.9 Å². The number of nitrogens with zero attached hydrogens (tertiary/aromatic N) is 2. The highest BCUT2D eigenvalue weighted by atomic mass is 16.2. The van der Waals surface area contributed by atoms with Crippen molar-refractivity contribution in [2.24, 2.45) is 5.73 Å². The number of nitrogens with two attached hydrogens (primary N) is 2. The molecule has 1 fully saturated rings. The maximum atomic E-state index is 11.9. The number of nitrogens with one attached hydrogen (secondary N) is 1. The Morgan fingerprint density at radius 1 is 1.53 bits per heavy atom. The molecule has 0 atom stereocenters. The van der Waals surface area contributed by atoms with Crippen LogP contribution in [-0.4, -0.2) is 40.5 Å². The number of anilines is 1. The third-order valence-electron chi connectivity index (χ3n) is 2.76. The number of carbonyl (C=O) groups is 2. The van der Waals surface area contributed by atoms with Crippen LogP contribution in [0.2, 0.25) is 0 Å². The molecule has 17 heavy (non-hydrogen) atoms. The van der Waals surface area contributed by atoms with Gasteiger partial charge in [-0.3, -0.25) is 14.7 Å². The van der Waals surface area contributed by atoms with E-state index >= 15 is 0 Å². The summed E-state index contributed by atoms with van der Waals surface area (Å²) >= 11 is 0. The van der Waals surface area contributed by atoms with Crippen molar-refractivity contribution in [1.29, 1.82) is 0 Å². The van der Waals surface area contributed by atoms with Gasteiger partial charge in [-0.15, -0.1) is 0 Å². The molecular formula is C10H15N5O2. The van der Waals surface area contributed by atoms with Crippen LogP contribution in [0, 0.1) is 0 Å². The van der Waals surface area contributed by atoms with Gasteiger partial charge in [-0.1, -0.05) is 0 Å². The number of hydrogen-bond donors (Lipinski definition) is 3. The summed E-state index contributed by atoms with van der Waals surface area (Å²) in [5, 5.41) is 6.70. The van der Waals surface area contributed by atoms with Crippen LogP contribution in [0.4, 0.5) is 5.69 Å². The summed E-state index contributed by atoms with van der Waals surface area (Å²) < 4.78 is 0. The van der Waals surface area contributed by atoms with E-state index in [9.17, 15) is 9.59 Å². The van der Waals surface area contributed by atoms with Gasteiger partial charge < -0.3 is 16.4 Å². The zero-order valence-electron chi connectivity index (χ0n) is 9.56. The first-order valence-electron chi connectivity index (χ1n) is 5.38. The van der Waals surface area contributed by atoms with Crippen molar-refractivity contribution in [3.05, 3.63) is 11.4 Å². The first kappa shape index (κ1) is 11.4. The molecule has 2 rings (SSSR count). The third kappa shape index (κ3) is 2.22. The molecule has 0 saturated heterocycles. The molecule has 1 aromatic rings. The predicted octanol–water partition coefficient (Wildman–Crippen LogP) is -0.573. The average molecular weight is 237 g/mol. The van der Waals surface area contributed by atoms with Crippen molar-refractivity contribution in [3.63, 3.8) is 0 Å². The monoisotopic (exact) mass is 237 g/mol. The van der Waals surface area contributed by atoms with E-state index in [0.717, 1.165) is 18.5 Å². The van der Waals surface area contributed by atoms with E-state index < -0.39 is 11.8 Å². The molecule has 1 aliphatic rings. The fourth-order valence-corrected chi connectivity index (χ4v) is 1.70. The standard InChI is InChI=1S/C10H15N5O2/c1-15(4-6(11)16)10(17)9-7(12)8(13-14-9)5-2-3-5/h5H,2-4,12H2,1H3,(H2,11,16)(H,13,14). The third-order valence-corrected chi connectivity index (χ3v) is 2.76. The lowest BCUT2D eigenvalue weighted by Crippen LogP contribution is -2.35. The minimum absolute atomic E-state index is 0.149. The molecule has 1 saturated carbocycles. The SMILES string of the molecule is CN(CC(N)=O)C(=O)c1n[nH]c(C2CC2)c1N. The lowest BCUT2D eigenvalue weighted by molar-refractivity contribution is -0.118. The molecule has 7 heteroatoms. The maximum Gasteiger partial charge on any atom is 0.276 e. The molecule has 92 valence electrons. The number of amides is 2. The molecule has 0 bridgehead atoms. The molecule has 0 spiro atoms. The molecule has 1 heterocycles. The molecule has 5 N–H and O–H groups in total. The fraction of sp³-hybridized carbons (Fsp3) is 0.500. The predicted molar refractivity (Wildman–Crippen MR) is 61.1 cm³/mol. The molecule has 0 aromatic carbocycles. The summed E-state index contributed by atoms with van der Waals surface area (Å²) in [5.74, 6) is -0.577. The Morgan fingerprint density at radius 2 is 2.18 bits per heavy atom. The summed E-state index contributed by atoms with van der Waals surface area (Å²) in [4.78, 5) is 23.8. The van der Waals surface area contributed by atoms with Crippen molar-refractivity contribution < 1.29 is 9.59 Å². The van der Waals surface area contributed by atoms with Gasteiger partial charge in [0.05, 0.1) is 17.9 Å². The summed E-state index contributed by atoms with van der Waals surface area (Å²) in [6.07, 6.45) is 2.13. The van der Waals surface area contributed by atoms with Crippen LogP contribution in [0.15, 0.2) is 0 Å². The quantitative estimate of drug-likeness (QED) is 0.649. The topological polar surface area (TPSA) is 118 Å². The molecule has 0 radical (unpaired) electrons. The normalized spacial score (nSPS) is 14.6. The molecule has 7 nitrogen and oxygen atoms in total. The van der Waals surface area contributed by atoms with E-state index in [4.69, 9.17) is 11.5 Å². The molecular weight excluding hydrogens is 222 g/mol. The highest BCUT2D eigenvalue weighted by Gasteiger charge is 2.31. The van der Waals surface area contributed by atoms with Gasteiger partial charge >= 0.3 is 0 Å². The van der Waals surface area contributed by atoms with Crippen LogP contribution in [-0.2, 0) is 4.79 Å². The van der Waals surface area contributed by atoms with E-state index in [1.165, 1.54) is 11.9 Å². The largest absolute Gasteiger partial charge is 0.395 e. The van der Waals surface area contributed by atoms with Gasteiger partial charge in [-0.05, 0) is 12.8 Å². The smallest absolute Gasteiger partial charge is 0.276 e. The zero-order chi connectivity index (χ0) is 12.6. The van der Waals surface area contributed by atoms with Crippen molar-refractivity contribution in [1.82, 2.24) is 15.1 Å². The molecule has 1 aliphatic carbocycles. The highest BCUT2D eigenvalue weighted by molar-refractivity contribution is 5.99. The van der Waals surface area contributed by atoms with Crippen LogP contribution < -0.4 is 11.5 Å². The van der Waals surface area contributed by atoms with E-state index in [-0.39, 0.29) is 12.2 Å². The van der Waals surface area contributed by atoms with E-state index in [1.807, 2.05) is 0 Å². The Labute approximate surface area is 98.1 Å². The number of rotatable bonds is 4. The average Bonchev–Trinajstić information content (AvgIpc) is 3.01. The van der Waals surface area contributed by atoms with Gasteiger partial charge in [0.25, 0.3) is 5.91 Å². The molecule has 0 unspecified atom stereocenters. The van der Waals surface area contributed by atoms with Crippen molar-refractivity contribution >= 4 is 17.5 Å². The summed E-state index contributed by atoms with van der Waals surface area (Å²) in [7, 11) is 1.48. The summed E-state index contributed by atoms with van der Waals surface area (Å²) in [6, 6.07) is 0. The Morgan fingerprint density at radius 3 is 2.71 bits per heavy atom. The Kier molecular flexibility index (Phi) is 2.74. The van der Waals surface area contributed by atoms with Gasteiger partial charge in [0, 0.05) is 13.0 Å². The van der Waals surface area contributed by atoms with Crippen LogP contribution in [0.5, 0.6) is 0 Å². The number of carbonyl (C=O) groups excluding carboxylic acids is 2. The molecule has 0 aliphatic heterocycles. The molecule has 2 amide bonds. The van der Waals surface area contributed by atoms with E-state index in [1.54, 1.807) is 0 Å². The van der Waals surface area contributed by atoms with Gasteiger partial charge in [0.15, 0.2) is 5.69 Å². The Balaban J connectivity index is 2.16. The van der Waals surface area contributed by atoms with Gasteiger partial charge in [-0.25, -0.2) is 0 Å². The second-order valence-electron chi connectivity index (χ2n) is 4.30. The lowest BCUT2D eigenvalue weighted by Gasteiger charge is -2.13. The Hall–Kier alpha value is -2.05. The number of primary amides is 1. The van der Waals surface area contributed by atoms with Crippen molar-refractivity contribution in [3.8, 4) is 0 Å². The van der Waals surface area contributed by atoms with E-state index in [2.05, 4.69) is 10.2 Å². The Bertz CT molecular complexity index is 463. The minimum Gasteiger partial charge on any atom is -0.395 e. The van der Waals surface area contributed by atoms with Gasteiger partial charge in [-0.2, -0.15) is 5.10 Å². The minimum atomic E-state index is -0.572. The summed E-state index contributed by atoms with van der Waals surface area (Å²) in [5.41, 5.74) is 12.2. The first-order valence-corrected chi connectivity index (χ1v) is 5.38. The maximum absolute atomic E-state index is 11.9. The van der Waals surface area contributed by atoms with E-state index in [0.29, 0.717) is 11.6 Å². The summed E-state index contributed by atoms with van der Waals surface area (Å²) in [6.45, 7) is -0.149. The number of aromatic nitrogens is 2. The van der Waals surface area contributed by atoms with Crippen LogP contribution in [0.25, 0.3) is 0 Å². The second-order valence-corrected chi connectivity index (χ2v) is 4.30. The zero-order valence-corrected chi connectivity index (χ0v) is 9.56. The second kappa shape index (κ2) is 4.08. The van der Waals surface area contributed by atoms with Crippen molar-refractivity contribution in [2.75, 3.05) is 19.3 Å². The number of aromatic amines is 1. The van der Waals surface area contributed by atoms with Gasteiger partial charge in [0.2, 0.25) is 5.91 Å². The van der Waals surface area contributed by atoms with Crippen LogP contribution >= 0.6 is 0 Å². The highest BCUT2D eigenvalue weighted by Crippen LogP contribution is 2.42. The lowest BCUT2D eigenvalue weighted by atomic mass is 10.2. The number of nitrogen functional groups attached to an aromatic ring is 1. The number of likely N-dealkylation sites (N-methyl/N-ethyl adjacent to an activating group) is 1. The van der Waals surface area contributed by atoms with Crippen molar-refractivity contribution in [2.45, 2.75) is 18.8 Å². The number of hydrogen-bond acceptors (Lipinski definition) is 4. The first-order chi connectivity index (χ1) is 8.00. The fourth-order valence-electron chi connectivity index (χ4n) is 1.70.